The molecule has 6 heteroatoms. The van der Waals surface area contributed by atoms with Crippen molar-refractivity contribution >= 4 is 11.5 Å². The van der Waals surface area contributed by atoms with Gasteiger partial charge in [-0.1, -0.05) is 6.07 Å². The number of nitro groups is 1. The molecular weight excluding hydrogens is 270 g/mol. The number of ether oxygens (including phenoxy) is 1. The number of nitrogens with zero attached hydrogens (tertiary/aromatic N) is 2. The number of benzene rings is 1. The van der Waals surface area contributed by atoms with Crippen LogP contribution in [0.2, 0.25) is 0 Å². The van der Waals surface area contributed by atoms with Crippen molar-refractivity contribution in [2.45, 2.75) is 20.5 Å². The molecule has 0 bridgehead atoms. The highest BCUT2D eigenvalue weighted by Crippen LogP contribution is 2.32. The van der Waals surface area contributed by atoms with Gasteiger partial charge in [0, 0.05) is 19.3 Å². The van der Waals surface area contributed by atoms with Crippen LogP contribution < -0.4 is 10.1 Å². The summed E-state index contributed by atoms with van der Waals surface area (Å²) in [5.41, 5.74) is 2.48. The van der Waals surface area contributed by atoms with Gasteiger partial charge in [0.15, 0.2) is 5.75 Å². The van der Waals surface area contributed by atoms with Gasteiger partial charge in [0.05, 0.1) is 4.92 Å². The summed E-state index contributed by atoms with van der Waals surface area (Å²) in [6.45, 7) is 3.88. The molecule has 0 fully saturated rings. The number of hydrogen-bond acceptors (Lipinski definition) is 5. The topological polar surface area (TPSA) is 77.3 Å². The Morgan fingerprint density at radius 2 is 2.10 bits per heavy atom. The van der Waals surface area contributed by atoms with Gasteiger partial charge < -0.3 is 10.1 Å². The zero-order valence-corrected chi connectivity index (χ0v) is 12.2. The minimum absolute atomic E-state index is 0.00426. The third-order valence-electron chi connectivity index (χ3n) is 3.06. The van der Waals surface area contributed by atoms with Gasteiger partial charge in [0.1, 0.15) is 12.4 Å². The first-order valence-electron chi connectivity index (χ1n) is 6.52. The largest absolute Gasteiger partial charge is 0.482 e. The molecule has 0 aliphatic heterocycles. The van der Waals surface area contributed by atoms with Crippen molar-refractivity contribution in [1.82, 2.24) is 4.98 Å². The number of nitrogens with one attached hydrogen (secondary N) is 1. The molecule has 21 heavy (non-hydrogen) atoms. The highest BCUT2D eigenvalue weighted by molar-refractivity contribution is 5.53. The van der Waals surface area contributed by atoms with Crippen molar-refractivity contribution in [2.24, 2.45) is 0 Å². The van der Waals surface area contributed by atoms with Gasteiger partial charge in [-0.05, 0) is 42.7 Å². The van der Waals surface area contributed by atoms with Crippen molar-refractivity contribution in [3.63, 3.8) is 0 Å². The van der Waals surface area contributed by atoms with E-state index >= 15 is 0 Å². The smallest absolute Gasteiger partial charge is 0.311 e. The number of aromatic nitrogens is 1. The summed E-state index contributed by atoms with van der Waals surface area (Å²) in [5.74, 6) is 1.04. The van der Waals surface area contributed by atoms with Gasteiger partial charge in [-0.25, -0.2) is 4.98 Å². The Balaban J connectivity index is 2.25. The summed E-state index contributed by atoms with van der Waals surface area (Å²) in [4.78, 5) is 14.8. The van der Waals surface area contributed by atoms with Gasteiger partial charge in [0.2, 0.25) is 0 Å². The summed E-state index contributed by atoms with van der Waals surface area (Å²) >= 11 is 0. The van der Waals surface area contributed by atoms with Crippen LogP contribution in [-0.4, -0.2) is 17.0 Å². The quantitative estimate of drug-likeness (QED) is 0.674. The third-order valence-corrected chi connectivity index (χ3v) is 3.06. The molecule has 1 heterocycles. The number of hydrogen-bond donors (Lipinski definition) is 1. The Bertz CT molecular complexity index is 671. The maximum atomic E-state index is 11.1. The Morgan fingerprint density at radius 3 is 2.76 bits per heavy atom. The summed E-state index contributed by atoms with van der Waals surface area (Å²) < 4.78 is 5.67. The van der Waals surface area contributed by atoms with Gasteiger partial charge >= 0.3 is 5.69 Å². The highest BCUT2D eigenvalue weighted by atomic mass is 16.6. The van der Waals surface area contributed by atoms with Gasteiger partial charge in [-0.15, -0.1) is 0 Å². The van der Waals surface area contributed by atoms with E-state index < -0.39 is 4.92 Å². The summed E-state index contributed by atoms with van der Waals surface area (Å²) in [6, 6.07) is 7.05. The predicted molar refractivity (Wildman–Crippen MR) is 80.7 cm³/mol. The van der Waals surface area contributed by atoms with Crippen molar-refractivity contribution in [3.8, 4) is 5.75 Å². The minimum atomic E-state index is -0.416. The number of nitro benzene ring substituents is 1. The molecule has 2 rings (SSSR count). The van der Waals surface area contributed by atoms with Crippen LogP contribution in [0.4, 0.5) is 11.5 Å². The fourth-order valence-electron chi connectivity index (χ4n) is 2.11. The maximum Gasteiger partial charge on any atom is 0.311 e. The van der Waals surface area contributed by atoms with Crippen LogP contribution in [0.15, 0.2) is 30.5 Å². The van der Waals surface area contributed by atoms with E-state index in [1.54, 1.807) is 20.2 Å². The minimum Gasteiger partial charge on any atom is -0.482 e. The second-order valence-corrected chi connectivity index (χ2v) is 4.78. The average molecular weight is 287 g/mol. The first-order chi connectivity index (χ1) is 10.0. The van der Waals surface area contributed by atoms with Crippen LogP contribution in [0.1, 0.15) is 16.7 Å². The number of anilines is 1. The number of rotatable bonds is 5. The van der Waals surface area contributed by atoms with E-state index in [1.165, 1.54) is 6.07 Å². The summed E-state index contributed by atoms with van der Waals surface area (Å²) in [6.07, 6.45) is 1.67. The van der Waals surface area contributed by atoms with Crippen LogP contribution in [-0.2, 0) is 6.61 Å². The Hall–Kier alpha value is -2.63. The lowest BCUT2D eigenvalue weighted by Crippen LogP contribution is -2.02. The lowest BCUT2D eigenvalue weighted by Gasteiger charge is -2.11. The molecule has 6 nitrogen and oxygen atoms in total. The van der Waals surface area contributed by atoms with Crippen molar-refractivity contribution in [3.05, 3.63) is 57.3 Å². The van der Waals surface area contributed by atoms with Gasteiger partial charge in [0.25, 0.3) is 0 Å². The monoisotopic (exact) mass is 287 g/mol. The van der Waals surface area contributed by atoms with Crippen molar-refractivity contribution in [2.75, 3.05) is 12.4 Å². The van der Waals surface area contributed by atoms with Gasteiger partial charge in [-0.3, -0.25) is 10.1 Å². The molecule has 0 aliphatic carbocycles. The molecule has 1 aromatic heterocycles. The molecular formula is C15H17N3O3. The van der Waals surface area contributed by atoms with E-state index in [1.807, 2.05) is 25.1 Å². The van der Waals surface area contributed by atoms with Crippen LogP contribution >= 0.6 is 0 Å². The molecule has 0 radical (unpaired) electrons. The SMILES string of the molecule is CNc1cc(COc2c(C)cc(C)cc2[N+](=O)[O-])ccn1. The molecule has 0 saturated heterocycles. The number of pyridine rings is 1. The molecule has 2 aromatic rings. The first-order valence-corrected chi connectivity index (χ1v) is 6.52. The first kappa shape index (κ1) is 14.8. The molecule has 0 saturated carbocycles. The van der Waals surface area contributed by atoms with Crippen LogP contribution in [0, 0.1) is 24.0 Å². The van der Waals surface area contributed by atoms with Gasteiger partial charge in [-0.2, -0.15) is 0 Å². The zero-order chi connectivity index (χ0) is 15.4. The fraction of sp³-hybridized carbons (Fsp3) is 0.267. The average Bonchev–Trinajstić information content (AvgIpc) is 2.45. The molecule has 0 unspecified atom stereocenters. The normalized spacial score (nSPS) is 10.2. The van der Waals surface area contributed by atoms with E-state index in [-0.39, 0.29) is 12.3 Å². The Kier molecular flexibility index (Phi) is 4.37. The van der Waals surface area contributed by atoms with Crippen LogP contribution in [0.25, 0.3) is 0 Å². The van der Waals surface area contributed by atoms with E-state index in [9.17, 15) is 10.1 Å². The molecule has 0 aliphatic rings. The molecule has 1 aromatic carbocycles. The molecule has 0 amide bonds. The van der Waals surface area contributed by atoms with E-state index in [4.69, 9.17) is 4.74 Å². The van der Waals surface area contributed by atoms with Crippen LogP contribution in [0.5, 0.6) is 5.75 Å². The van der Waals surface area contributed by atoms with Crippen LogP contribution in [0.3, 0.4) is 0 Å². The van der Waals surface area contributed by atoms with Crippen molar-refractivity contribution < 1.29 is 9.66 Å². The van der Waals surface area contributed by atoms with Crippen molar-refractivity contribution in [1.29, 1.82) is 0 Å². The Labute approximate surface area is 122 Å². The standard InChI is InChI=1S/C15H17N3O3/c1-10-6-11(2)15(13(7-10)18(19)20)21-9-12-4-5-17-14(8-12)16-3/h4-8H,9H2,1-3H3,(H,16,17). The third kappa shape index (κ3) is 3.47. The molecule has 1 N–H and O–H groups in total. The lowest BCUT2D eigenvalue weighted by molar-refractivity contribution is -0.386. The second kappa shape index (κ2) is 6.21. The Morgan fingerprint density at radius 1 is 1.33 bits per heavy atom. The highest BCUT2D eigenvalue weighted by Gasteiger charge is 2.18. The maximum absolute atomic E-state index is 11.1. The molecule has 110 valence electrons. The van der Waals surface area contributed by atoms with E-state index in [2.05, 4.69) is 10.3 Å². The predicted octanol–water partition coefficient (Wildman–Crippen LogP) is 3.23. The molecule has 0 atom stereocenters. The molecule has 0 spiro atoms. The zero-order valence-electron chi connectivity index (χ0n) is 12.2. The van der Waals surface area contributed by atoms with E-state index in [0.29, 0.717) is 5.75 Å². The lowest BCUT2D eigenvalue weighted by atomic mass is 10.1. The second-order valence-electron chi connectivity index (χ2n) is 4.78. The summed E-state index contributed by atoms with van der Waals surface area (Å²) in [5, 5.41) is 14.1. The summed E-state index contributed by atoms with van der Waals surface area (Å²) in [7, 11) is 1.78. The number of aryl methyl sites for hydroxylation is 2. The fourth-order valence-corrected chi connectivity index (χ4v) is 2.11. The van der Waals surface area contributed by atoms with E-state index in [0.717, 1.165) is 22.5 Å².